The lowest BCUT2D eigenvalue weighted by Crippen LogP contribution is -2.48. The second-order valence-electron chi connectivity index (χ2n) is 8.08. The first kappa shape index (κ1) is 25.6. The molecule has 0 spiro atoms. The van der Waals surface area contributed by atoms with E-state index >= 15 is 0 Å². The fraction of sp³-hybridized carbons (Fsp3) is 0.500. The van der Waals surface area contributed by atoms with E-state index in [-0.39, 0.29) is 36.6 Å². The third kappa shape index (κ3) is 7.01. The van der Waals surface area contributed by atoms with Crippen molar-refractivity contribution in [3.8, 4) is 5.75 Å². The Labute approximate surface area is 203 Å². The number of aromatic nitrogens is 1. The van der Waals surface area contributed by atoms with Crippen molar-refractivity contribution in [3.63, 3.8) is 0 Å². The Morgan fingerprint density at radius 1 is 1.15 bits per heavy atom. The summed E-state index contributed by atoms with van der Waals surface area (Å²) in [6.07, 6.45) is 5.28. The number of methoxy groups -OCH3 is 2. The van der Waals surface area contributed by atoms with Crippen LogP contribution in [0.5, 0.6) is 5.75 Å². The molecular formula is C24H32N4O5S. The number of carbonyl (C=O) groups is 3. The highest BCUT2D eigenvalue weighted by atomic mass is 32.1. The minimum absolute atomic E-state index is 0.00567. The van der Waals surface area contributed by atoms with E-state index in [1.807, 2.05) is 12.1 Å². The van der Waals surface area contributed by atoms with E-state index in [9.17, 15) is 14.4 Å². The molecule has 2 N–H and O–H groups in total. The van der Waals surface area contributed by atoms with Gasteiger partial charge in [0.05, 0.1) is 13.7 Å². The van der Waals surface area contributed by atoms with Crippen molar-refractivity contribution in [2.75, 3.05) is 32.7 Å². The van der Waals surface area contributed by atoms with Gasteiger partial charge in [-0.25, -0.2) is 4.98 Å². The second kappa shape index (κ2) is 13.0. The van der Waals surface area contributed by atoms with Crippen LogP contribution in [0.3, 0.4) is 0 Å². The molecule has 0 bridgehead atoms. The molecule has 3 rings (SSSR count). The topological polar surface area (TPSA) is 110 Å². The van der Waals surface area contributed by atoms with E-state index in [1.54, 1.807) is 42.8 Å². The van der Waals surface area contributed by atoms with E-state index in [0.717, 1.165) is 25.7 Å². The molecule has 1 fully saturated rings. The Bertz CT molecular complexity index is 929. The van der Waals surface area contributed by atoms with Gasteiger partial charge in [-0.15, -0.1) is 11.3 Å². The first-order valence-corrected chi connectivity index (χ1v) is 12.3. The highest BCUT2D eigenvalue weighted by Gasteiger charge is 2.37. The quantitative estimate of drug-likeness (QED) is 0.444. The number of nitrogens with one attached hydrogen (secondary N) is 2. The number of anilines is 1. The summed E-state index contributed by atoms with van der Waals surface area (Å²) in [6.45, 7) is 0.709. The summed E-state index contributed by atoms with van der Waals surface area (Å²) in [7, 11) is 3.15. The van der Waals surface area contributed by atoms with Gasteiger partial charge in [-0.2, -0.15) is 0 Å². The van der Waals surface area contributed by atoms with Crippen molar-refractivity contribution in [3.05, 3.63) is 41.4 Å². The fourth-order valence-corrected chi connectivity index (χ4v) is 4.70. The van der Waals surface area contributed by atoms with Crippen molar-refractivity contribution < 1.29 is 23.9 Å². The van der Waals surface area contributed by atoms with Crippen LogP contribution in [0.1, 0.15) is 50.1 Å². The van der Waals surface area contributed by atoms with Crippen LogP contribution in [0.4, 0.5) is 5.13 Å². The lowest BCUT2D eigenvalue weighted by molar-refractivity contribution is -0.144. The Morgan fingerprint density at radius 2 is 1.88 bits per heavy atom. The first-order chi connectivity index (χ1) is 16.5. The zero-order chi connectivity index (χ0) is 24.3. The number of ether oxygens (including phenoxy) is 2. The highest BCUT2D eigenvalue weighted by Crippen LogP contribution is 2.33. The van der Waals surface area contributed by atoms with Crippen molar-refractivity contribution in [2.24, 2.45) is 0 Å². The average Bonchev–Trinajstić information content (AvgIpc) is 3.56. The summed E-state index contributed by atoms with van der Waals surface area (Å²) >= 11 is 1.32. The summed E-state index contributed by atoms with van der Waals surface area (Å²) in [4.78, 5) is 44.9. The van der Waals surface area contributed by atoms with Gasteiger partial charge in [0.15, 0.2) is 5.13 Å². The van der Waals surface area contributed by atoms with Crippen molar-refractivity contribution in [1.29, 1.82) is 0 Å². The second-order valence-corrected chi connectivity index (χ2v) is 8.98. The van der Waals surface area contributed by atoms with Gasteiger partial charge >= 0.3 is 0 Å². The summed E-state index contributed by atoms with van der Waals surface area (Å²) < 4.78 is 10.3. The summed E-state index contributed by atoms with van der Waals surface area (Å²) in [5.41, 5.74) is 0.697. The first-order valence-electron chi connectivity index (χ1n) is 11.4. The molecule has 1 aliphatic rings. The van der Waals surface area contributed by atoms with Crippen LogP contribution < -0.4 is 15.4 Å². The van der Waals surface area contributed by atoms with Gasteiger partial charge in [-0.05, 0) is 30.5 Å². The summed E-state index contributed by atoms with van der Waals surface area (Å²) in [6, 6.07) is 6.32. The largest absolute Gasteiger partial charge is 0.497 e. The summed E-state index contributed by atoms with van der Waals surface area (Å²) in [5.74, 6) is -0.0984. The van der Waals surface area contributed by atoms with E-state index in [4.69, 9.17) is 9.47 Å². The molecule has 1 aliphatic carbocycles. The molecule has 9 nitrogen and oxygen atoms in total. The Morgan fingerprint density at radius 3 is 2.50 bits per heavy atom. The summed E-state index contributed by atoms with van der Waals surface area (Å²) in [5, 5.41) is 7.86. The van der Waals surface area contributed by atoms with Crippen LogP contribution in [-0.2, 0) is 19.1 Å². The van der Waals surface area contributed by atoms with Crippen LogP contribution in [0.25, 0.3) is 0 Å². The Balaban J connectivity index is 1.81. The third-order valence-corrected chi connectivity index (χ3v) is 6.50. The lowest BCUT2D eigenvalue weighted by Gasteiger charge is -2.36. The van der Waals surface area contributed by atoms with Gasteiger partial charge < -0.3 is 25.0 Å². The number of hydrogen-bond donors (Lipinski definition) is 2. The number of nitrogens with zero attached hydrogens (tertiary/aromatic N) is 2. The maximum Gasteiger partial charge on any atom is 0.247 e. The molecular weight excluding hydrogens is 456 g/mol. The molecule has 0 saturated heterocycles. The van der Waals surface area contributed by atoms with E-state index in [1.165, 1.54) is 11.3 Å². The van der Waals surface area contributed by atoms with Gasteiger partial charge in [0.1, 0.15) is 11.8 Å². The van der Waals surface area contributed by atoms with Gasteiger partial charge in [-0.1, -0.05) is 25.0 Å². The van der Waals surface area contributed by atoms with Crippen LogP contribution >= 0.6 is 11.3 Å². The predicted octanol–water partition coefficient (Wildman–Crippen LogP) is 3.15. The molecule has 0 aliphatic heterocycles. The molecule has 0 radical (unpaired) electrons. The monoisotopic (exact) mass is 488 g/mol. The molecule has 34 heavy (non-hydrogen) atoms. The van der Waals surface area contributed by atoms with E-state index in [2.05, 4.69) is 15.6 Å². The Kier molecular flexibility index (Phi) is 9.84. The average molecular weight is 489 g/mol. The minimum Gasteiger partial charge on any atom is -0.497 e. The molecule has 1 aromatic carbocycles. The number of amides is 3. The molecule has 1 saturated carbocycles. The van der Waals surface area contributed by atoms with Crippen molar-refractivity contribution in [1.82, 2.24) is 15.2 Å². The Hall–Kier alpha value is -2.98. The number of carbonyl (C=O) groups excluding carboxylic acids is 3. The predicted molar refractivity (Wildman–Crippen MR) is 130 cm³/mol. The van der Waals surface area contributed by atoms with Crippen molar-refractivity contribution in [2.45, 2.75) is 50.6 Å². The number of rotatable bonds is 12. The van der Waals surface area contributed by atoms with E-state index in [0.29, 0.717) is 29.6 Å². The van der Waals surface area contributed by atoms with Crippen LogP contribution in [0, 0.1) is 0 Å². The highest BCUT2D eigenvalue weighted by molar-refractivity contribution is 7.13. The normalized spacial score (nSPS) is 14.4. The molecule has 10 heteroatoms. The molecule has 0 unspecified atom stereocenters. The SMILES string of the molecule is COCCNC(=O)[C@H](c1ccc(OC)cc1)N(C(=O)CCC(=O)Nc1nccs1)C1CCCC1. The van der Waals surface area contributed by atoms with Crippen LogP contribution in [0.2, 0.25) is 0 Å². The molecule has 1 heterocycles. The van der Waals surface area contributed by atoms with Gasteiger partial charge in [-0.3, -0.25) is 14.4 Å². The zero-order valence-electron chi connectivity index (χ0n) is 19.6. The van der Waals surface area contributed by atoms with Crippen LogP contribution in [-0.4, -0.2) is 61.0 Å². The minimum atomic E-state index is -0.805. The smallest absolute Gasteiger partial charge is 0.247 e. The van der Waals surface area contributed by atoms with Crippen LogP contribution in [0.15, 0.2) is 35.8 Å². The fourth-order valence-electron chi connectivity index (χ4n) is 4.15. The zero-order valence-corrected chi connectivity index (χ0v) is 20.4. The standard InChI is InChI=1S/C24H32N4O5S/c1-32-15-13-25-23(31)22(17-7-9-19(33-2)10-8-17)28(18-5-3-4-6-18)21(30)12-11-20(29)27-24-26-14-16-34-24/h7-10,14,16,18,22H,3-6,11-13,15H2,1-2H3,(H,25,31)(H,26,27,29)/t22-/m0/s1. The third-order valence-electron chi connectivity index (χ3n) is 5.81. The number of benzene rings is 1. The number of hydrogen-bond acceptors (Lipinski definition) is 7. The molecule has 1 atom stereocenters. The molecule has 3 amide bonds. The molecule has 2 aromatic rings. The number of thiazole rings is 1. The van der Waals surface area contributed by atoms with Gasteiger partial charge in [0, 0.05) is 44.1 Å². The lowest BCUT2D eigenvalue weighted by atomic mass is 10.00. The molecule has 1 aromatic heterocycles. The van der Waals surface area contributed by atoms with Gasteiger partial charge in [0.25, 0.3) is 0 Å². The van der Waals surface area contributed by atoms with E-state index < -0.39 is 6.04 Å². The van der Waals surface area contributed by atoms with Crippen molar-refractivity contribution >= 4 is 34.2 Å². The molecule has 184 valence electrons. The maximum atomic E-state index is 13.5. The van der Waals surface area contributed by atoms with Gasteiger partial charge in [0.2, 0.25) is 17.7 Å². The maximum absolute atomic E-state index is 13.5.